The van der Waals surface area contributed by atoms with E-state index >= 15 is 8.78 Å². The van der Waals surface area contributed by atoms with Crippen LogP contribution in [-0.2, 0) is 43.9 Å². The predicted octanol–water partition coefficient (Wildman–Crippen LogP) is 0.612. The van der Waals surface area contributed by atoms with Crippen molar-refractivity contribution in [3.63, 3.8) is 0 Å². The molecule has 3 aliphatic heterocycles. The maximum absolute atomic E-state index is 16.0. The lowest BCUT2D eigenvalue weighted by molar-refractivity contribution is -0.0580. The fraction of sp³-hybridized carbons (Fsp3) is 0.500. The lowest BCUT2D eigenvalue weighted by Crippen LogP contribution is -2.34. The van der Waals surface area contributed by atoms with Gasteiger partial charge in [-0.2, -0.15) is 0 Å². The molecule has 18 nitrogen and oxygen atoms in total. The van der Waals surface area contributed by atoms with Gasteiger partial charge >= 0.3 is 6.72 Å². The fourth-order valence-electron chi connectivity index (χ4n) is 5.19. The maximum atomic E-state index is 16.0. The van der Waals surface area contributed by atoms with Crippen LogP contribution in [0.1, 0.15) is 12.5 Å². The Morgan fingerprint density at radius 1 is 0.841 bits per heavy atom. The van der Waals surface area contributed by atoms with Gasteiger partial charge in [-0.05, 0) is 11.8 Å². The molecular formula is C20H21BF2N10O8P2S. The van der Waals surface area contributed by atoms with Crippen molar-refractivity contribution in [1.82, 2.24) is 39.0 Å². The minimum Gasteiger partial charge on any atom is -0.382 e. The molecule has 7 heterocycles. The summed E-state index contributed by atoms with van der Waals surface area (Å²) in [6.45, 7) is -5.67. The monoisotopic (exact) mass is 672 g/mol. The summed E-state index contributed by atoms with van der Waals surface area (Å²) in [5.74, 6) is 0.0925. The van der Waals surface area contributed by atoms with E-state index in [4.69, 9.17) is 58.4 Å². The number of alkyl halides is 2. The zero-order valence-corrected chi connectivity index (χ0v) is 24.6. The third kappa shape index (κ3) is 5.18. The summed E-state index contributed by atoms with van der Waals surface area (Å²) >= 11 is 5.12. The number of nitrogen functional groups attached to an aromatic ring is 2. The van der Waals surface area contributed by atoms with E-state index in [1.165, 1.54) is 21.8 Å². The highest BCUT2D eigenvalue weighted by atomic mass is 32.5. The second-order valence-electron chi connectivity index (χ2n) is 9.92. The number of rotatable bonds is 2. The van der Waals surface area contributed by atoms with Gasteiger partial charge in [-0.1, -0.05) is 0 Å². The largest absolute Gasteiger partial charge is 0.382 e. The van der Waals surface area contributed by atoms with Crippen LogP contribution in [0.25, 0.3) is 22.3 Å². The van der Waals surface area contributed by atoms with Gasteiger partial charge in [-0.15, -0.1) is 0 Å². The number of fused-ring (bicyclic) bond motifs is 5. The third-order valence-corrected chi connectivity index (χ3v) is 9.80. The number of aromatic nitrogens is 8. The van der Waals surface area contributed by atoms with Gasteiger partial charge in [0.2, 0.25) is 7.57 Å². The molecule has 5 N–H and O–H groups in total. The number of hydrogen-bond acceptors (Lipinski definition) is 16. The van der Waals surface area contributed by atoms with Crippen LogP contribution in [0.2, 0.25) is 0 Å². The Kier molecular flexibility index (Phi) is 7.43. The minimum atomic E-state index is -4.62. The van der Waals surface area contributed by atoms with Crippen LogP contribution in [0, 0.1) is 0 Å². The van der Waals surface area contributed by atoms with Crippen LogP contribution in [0.5, 0.6) is 0 Å². The molecule has 3 aliphatic rings. The maximum Gasteiger partial charge on any atom is 0.325 e. The van der Waals surface area contributed by atoms with Crippen LogP contribution < -0.4 is 11.5 Å². The van der Waals surface area contributed by atoms with Crippen molar-refractivity contribution in [1.29, 1.82) is 0 Å². The SMILES string of the molecule is [B]P1(=O)OC[C@H]2O[C@@H](n3cnc4c(N)ncnc43)[C@H](F)[C@@H]2OP(O)(=S)OC[C@H]2O[C@@H](n3cnc4c(N)ncnc43)[C@H](O1)C2F. The molecule has 3 saturated heterocycles. The average Bonchev–Trinajstić information content (AvgIpc) is 3.73. The summed E-state index contributed by atoms with van der Waals surface area (Å²) in [6.07, 6.45) is -8.26. The standard InChI is InChI=1S/C20H21BF2N10O8P2S/c21-42(34)36-2-8-13(10(23)19(39-8)32-5-30-11-15(24)26-3-28-17(11)32)41-43(35,44)37-1-7-9(22)14(40-42)20(38-7)33-6-31-12-16(25)27-4-29-18(12)33/h3-10,13-14,19-20H,1-2H2,(H,35,44)(H2,24,26,28)(H2,25,27,29)/t7-,8-,9?,10-,13-,14-,19-,20-,42?,43?/m1/s1. The average molecular weight is 672 g/mol. The second kappa shape index (κ2) is 10.9. The van der Waals surface area contributed by atoms with Crippen LogP contribution >= 0.6 is 14.2 Å². The van der Waals surface area contributed by atoms with Crippen molar-refractivity contribution >= 4 is 67.5 Å². The van der Waals surface area contributed by atoms with Crippen LogP contribution in [-0.4, -0.2) is 101 Å². The molecule has 3 unspecified atom stereocenters. The summed E-state index contributed by atoms with van der Waals surface area (Å²) in [6, 6.07) is 0. The van der Waals surface area contributed by atoms with E-state index in [9.17, 15) is 9.46 Å². The molecule has 4 aromatic rings. The normalized spacial score (nSPS) is 38.2. The molecule has 44 heavy (non-hydrogen) atoms. The van der Waals surface area contributed by atoms with E-state index in [1.54, 1.807) is 0 Å². The molecule has 232 valence electrons. The molecule has 24 heteroatoms. The molecular weight excluding hydrogens is 651 g/mol. The summed E-state index contributed by atoms with van der Waals surface area (Å²) < 4.78 is 81.0. The number of imidazole rings is 2. The molecule has 0 spiro atoms. The van der Waals surface area contributed by atoms with Gasteiger partial charge < -0.3 is 39.4 Å². The fourth-order valence-corrected chi connectivity index (χ4v) is 7.60. The van der Waals surface area contributed by atoms with Gasteiger partial charge in [0.15, 0.2) is 47.7 Å². The molecule has 2 bridgehead atoms. The Labute approximate surface area is 251 Å². The van der Waals surface area contributed by atoms with E-state index in [0.717, 1.165) is 12.7 Å². The highest BCUT2D eigenvalue weighted by Gasteiger charge is 2.53. The van der Waals surface area contributed by atoms with E-state index < -0.39 is 76.6 Å². The van der Waals surface area contributed by atoms with Gasteiger partial charge in [0.25, 0.3) is 7.47 Å². The highest BCUT2D eigenvalue weighted by molar-refractivity contribution is 8.07. The molecule has 10 atom stereocenters. The summed E-state index contributed by atoms with van der Waals surface area (Å²) in [4.78, 5) is 35.0. The summed E-state index contributed by atoms with van der Waals surface area (Å²) in [5.41, 5.74) is 12.4. The predicted molar refractivity (Wildman–Crippen MR) is 149 cm³/mol. The lowest BCUT2D eigenvalue weighted by atomic mass is 10.1. The molecule has 3 fully saturated rings. The Morgan fingerprint density at radius 3 is 2.05 bits per heavy atom. The number of nitrogens with zero attached hydrogens (tertiary/aromatic N) is 8. The van der Waals surface area contributed by atoms with Gasteiger partial charge in [0.05, 0.1) is 25.9 Å². The van der Waals surface area contributed by atoms with E-state index in [1.807, 2.05) is 0 Å². The van der Waals surface area contributed by atoms with Crippen molar-refractivity contribution in [3.8, 4) is 0 Å². The first-order valence-corrected chi connectivity index (χ1v) is 16.9. The van der Waals surface area contributed by atoms with Gasteiger partial charge in [-0.3, -0.25) is 18.2 Å². The van der Waals surface area contributed by atoms with Crippen LogP contribution in [0.15, 0.2) is 25.3 Å². The number of hydrogen-bond donors (Lipinski definition) is 3. The highest BCUT2D eigenvalue weighted by Crippen LogP contribution is 2.54. The minimum absolute atomic E-state index is 0.0455. The van der Waals surface area contributed by atoms with Crippen LogP contribution in [0.4, 0.5) is 20.4 Å². The van der Waals surface area contributed by atoms with Gasteiger partial charge in [-0.25, -0.2) is 38.7 Å². The van der Waals surface area contributed by atoms with Crippen molar-refractivity contribution in [2.75, 3.05) is 24.7 Å². The Hall–Kier alpha value is -2.78. The molecule has 0 saturated carbocycles. The molecule has 2 radical (unpaired) electrons. The number of ether oxygens (including phenoxy) is 2. The molecule has 0 amide bonds. The number of anilines is 2. The first-order chi connectivity index (χ1) is 20.9. The number of halogens is 2. The molecule has 4 aromatic heterocycles. The summed E-state index contributed by atoms with van der Waals surface area (Å²) in [7, 11) is 1.26. The van der Waals surface area contributed by atoms with Gasteiger partial charge in [0.1, 0.15) is 48.1 Å². The van der Waals surface area contributed by atoms with Crippen LogP contribution in [0.3, 0.4) is 0 Å². The Bertz CT molecular complexity index is 1840. The zero-order valence-electron chi connectivity index (χ0n) is 22.0. The van der Waals surface area contributed by atoms with Crippen molar-refractivity contribution in [3.05, 3.63) is 25.3 Å². The molecule has 7 rings (SSSR count). The Balaban J connectivity index is 1.20. The van der Waals surface area contributed by atoms with Crippen molar-refractivity contribution < 1.29 is 45.8 Å². The lowest BCUT2D eigenvalue weighted by Gasteiger charge is -2.27. The number of nitrogens with two attached hydrogens (primary N) is 2. The van der Waals surface area contributed by atoms with E-state index in [-0.39, 0.29) is 34.0 Å². The zero-order chi connectivity index (χ0) is 31.0. The topological polar surface area (TPSA) is 232 Å². The van der Waals surface area contributed by atoms with E-state index in [2.05, 4.69) is 29.9 Å². The van der Waals surface area contributed by atoms with Crippen molar-refractivity contribution in [2.24, 2.45) is 0 Å². The first kappa shape index (κ1) is 29.9. The molecule has 0 aromatic carbocycles. The smallest absolute Gasteiger partial charge is 0.325 e. The Morgan fingerprint density at radius 2 is 1.41 bits per heavy atom. The third-order valence-electron chi connectivity index (χ3n) is 7.20. The van der Waals surface area contributed by atoms with Gasteiger partial charge in [0, 0.05) is 0 Å². The molecule has 0 aliphatic carbocycles. The van der Waals surface area contributed by atoms with Crippen molar-refractivity contribution in [2.45, 2.75) is 49.2 Å². The quantitative estimate of drug-likeness (QED) is 0.196. The summed E-state index contributed by atoms with van der Waals surface area (Å²) in [5, 5.41) is 0. The second-order valence-corrected chi connectivity index (χ2v) is 14.3. The first-order valence-electron chi connectivity index (χ1n) is 12.7. The van der Waals surface area contributed by atoms with E-state index in [0.29, 0.717) is 0 Å².